The van der Waals surface area contributed by atoms with Gasteiger partial charge in [0.15, 0.2) is 0 Å². The molecular weight excluding hydrogens is 383 g/mol. The number of hydrogen-bond acceptors (Lipinski definition) is 6. The SMILES string of the molecule is NC(=O)Cc1nc(N2CCC(Oc3cc(F)ccc3Br)CC2)no1. The van der Waals surface area contributed by atoms with Crippen molar-refractivity contribution < 1.29 is 18.4 Å². The molecular formula is C15H16BrFN4O3. The first-order chi connectivity index (χ1) is 11.5. The molecule has 0 aliphatic carbocycles. The minimum atomic E-state index is -0.516. The second-order valence-electron chi connectivity index (χ2n) is 5.51. The van der Waals surface area contributed by atoms with Gasteiger partial charge in [-0.15, -0.1) is 0 Å². The van der Waals surface area contributed by atoms with Crippen LogP contribution < -0.4 is 15.4 Å². The molecule has 1 amide bonds. The highest BCUT2D eigenvalue weighted by Gasteiger charge is 2.24. The standard InChI is InChI=1S/C15H16BrFN4O3/c16-11-2-1-9(17)7-12(11)23-10-3-5-21(6-4-10)15-19-14(24-20-15)8-13(18)22/h1-2,7,10H,3-6,8H2,(H2,18,22). The lowest BCUT2D eigenvalue weighted by Crippen LogP contribution is -2.38. The number of aromatic nitrogens is 2. The number of anilines is 1. The van der Waals surface area contributed by atoms with Crippen LogP contribution in [-0.4, -0.2) is 35.2 Å². The van der Waals surface area contributed by atoms with Crippen molar-refractivity contribution in [1.29, 1.82) is 0 Å². The van der Waals surface area contributed by atoms with E-state index in [0.29, 0.717) is 24.8 Å². The lowest BCUT2D eigenvalue weighted by Gasteiger charge is -2.31. The molecule has 1 saturated heterocycles. The number of carbonyl (C=O) groups is 1. The van der Waals surface area contributed by atoms with Gasteiger partial charge in [0.25, 0.3) is 5.95 Å². The molecule has 1 aromatic carbocycles. The summed E-state index contributed by atoms with van der Waals surface area (Å²) >= 11 is 3.36. The van der Waals surface area contributed by atoms with Crippen LogP contribution in [0.3, 0.4) is 0 Å². The number of piperidine rings is 1. The van der Waals surface area contributed by atoms with Gasteiger partial charge in [0.2, 0.25) is 11.8 Å². The Morgan fingerprint density at radius 3 is 2.92 bits per heavy atom. The Kier molecular flexibility index (Phi) is 4.98. The quantitative estimate of drug-likeness (QED) is 0.827. The van der Waals surface area contributed by atoms with Crippen LogP contribution in [0.1, 0.15) is 18.7 Å². The highest BCUT2D eigenvalue weighted by molar-refractivity contribution is 9.10. The third kappa shape index (κ3) is 4.02. The average Bonchev–Trinajstić information content (AvgIpc) is 2.99. The molecule has 1 fully saturated rings. The molecule has 1 aromatic heterocycles. The summed E-state index contributed by atoms with van der Waals surface area (Å²) in [5.74, 6) is 0.297. The predicted octanol–water partition coefficient (Wildman–Crippen LogP) is 2.05. The van der Waals surface area contributed by atoms with Gasteiger partial charge in [-0.2, -0.15) is 4.98 Å². The Bertz CT molecular complexity index is 731. The fourth-order valence-electron chi connectivity index (χ4n) is 2.52. The minimum absolute atomic E-state index is 0.0173. The van der Waals surface area contributed by atoms with Crippen molar-refractivity contribution in [2.75, 3.05) is 18.0 Å². The summed E-state index contributed by atoms with van der Waals surface area (Å²) in [5.41, 5.74) is 5.10. The van der Waals surface area contributed by atoms with E-state index >= 15 is 0 Å². The van der Waals surface area contributed by atoms with E-state index in [1.54, 1.807) is 6.07 Å². The minimum Gasteiger partial charge on any atom is -0.489 e. The monoisotopic (exact) mass is 398 g/mol. The van der Waals surface area contributed by atoms with Crippen molar-refractivity contribution >= 4 is 27.8 Å². The fourth-order valence-corrected chi connectivity index (χ4v) is 2.86. The molecule has 3 rings (SSSR count). The van der Waals surface area contributed by atoms with Crippen molar-refractivity contribution in [3.63, 3.8) is 0 Å². The Morgan fingerprint density at radius 1 is 1.46 bits per heavy atom. The third-order valence-electron chi connectivity index (χ3n) is 3.69. The largest absolute Gasteiger partial charge is 0.489 e. The van der Waals surface area contributed by atoms with Gasteiger partial charge in [-0.05, 0) is 33.2 Å². The number of nitrogens with zero attached hydrogens (tertiary/aromatic N) is 3. The number of rotatable bonds is 5. The lowest BCUT2D eigenvalue weighted by atomic mass is 10.1. The summed E-state index contributed by atoms with van der Waals surface area (Å²) in [7, 11) is 0. The van der Waals surface area contributed by atoms with E-state index in [1.807, 2.05) is 4.90 Å². The van der Waals surface area contributed by atoms with E-state index in [4.69, 9.17) is 15.0 Å². The Balaban J connectivity index is 1.56. The van der Waals surface area contributed by atoms with E-state index in [-0.39, 0.29) is 24.2 Å². The first kappa shape index (κ1) is 16.7. The Hall–Kier alpha value is -2.16. The molecule has 2 aromatic rings. The molecule has 24 heavy (non-hydrogen) atoms. The van der Waals surface area contributed by atoms with Gasteiger partial charge in [0.05, 0.1) is 4.47 Å². The highest BCUT2D eigenvalue weighted by Crippen LogP contribution is 2.29. The van der Waals surface area contributed by atoms with Crippen molar-refractivity contribution in [3.05, 3.63) is 34.4 Å². The van der Waals surface area contributed by atoms with Gasteiger partial charge in [0.1, 0.15) is 24.1 Å². The summed E-state index contributed by atoms with van der Waals surface area (Å²) in [6.07, 6.45) is 1.39. The van der Waals surface area contributed by atoms with Gasteiger partial charge in [-0.1, -0.05) is 0 Å². The van der Waals surface area contributed by atoms with Crippen LogP contribution >= 0.6 is 15.9 Å². The summed E-state index contributed by atoms with van der Waals surface area (Å²) in [6.45, 7) is 1.35. The smallest absolute Gasteiger partial charge is 0.266 e. The van der Waals surface area contributed by atoms with Crippen molar-refractivity contribution in [3.8, 4) is 5.75 Å². The summed E-state index contributed by atoms with van der Waals surface area (Å²) in [4.78, 5) is 17.0. The lowest BCUT2D eigenvalue weighted by molar-refractivity contribution is -0.117. The zero-order chi connectivity index (χ0) is 17.1. The normalized spacial score (nSPS) is 15.5. The molecule has 128 valence electrons. The summed E-state index contributed by atoms with van der Waals surface area (Å²) in [5, 5.41) is 3.86. The number of primary amides is 1. The molecule has 0 spiro atoms. The maximum Gasteiger partial charge on any atom is 0.266 e. The van der Waals surface area contributed by atoms with E-state index in [1.165, 1.54) is 12.1 Å². The molecule has 1 aliphatic heterocycles. The number of ether oxygens (including phenoxy) is 1. The van der Waals surface area contributed by atoms with Gasteiger partial charge in [-0.25, -0.2) is 4.39 Å². The van der Waals surface area contributed by atoms with Gasteiger partial charge >= 0.3 is 0 Å². The number of halogens is 2. The second kappa shape index (κ2) is 7.16. The van der Waals surface area contributed by atoms with E-state index < -0.39 is 5.91 Å². The van der Waals surface area contributed by atoms with Crippen molar-refractivity contribution in [1.82, 2.24) is 10.1 Å². The average molecular weight is 399 g/mol. The van der Waals surface area contributed by atoms with E-state index in [9.17, 15) is 9.18 Å². The van der Waals surface area contributed by atoms with Gasteiger partial charge in [-0.3, -0.25) is 4.79 Å². The van der Waals surface area contributed by atoms with Crippen LogP contribution in [0.15, 0.2) is 27.2 Å². The second-order valence-corrected chi connectivity index (χ2v) is 6.36. The molecule has 0 saturated carbocycles. The maximum absolute atomic E-state index is 13.3. The molecule has 0 atom stereocenters. The van der Waals surface area contributed by atoms with Crippen LogP contribution in [0.4, 0.5) is 10.3 Å². The van der Waals surface area contributed by atoms with Crippen molar-refractivity contribution in [2.45, 2.75) is 25.4 Å². The fraction of sp³-hybridized carbons (Fsp3) is 0.400. The molecule has 7 nitrogen and oxygen atoms in total. The molecule has 0 unspecified atom stereocenters. The number of nitrogens with two attached hydrogens (primary N) is 1. The van der Waals surface area contributed by atoms with E-state index in [2.05, 4.69) is 26.1 Å². The summed E-state index contributed by atoms with van der Waals surface area (Å²) < 4.78 is 24.9. The maximum atomic E-state index is 13.3. The van der Waals surface area contributed by atoms with Gasteiger partial charge in [0, 0.05) is 32.0 Å². The van der Waals surface area contributed by atoms with Crippen LogP contribution in [-0.2, 0) is 11.2 Å². The van der Waals surface area contributed by atoms with Gasteiger partial charge < -0.3 is 19.9 Å². The molecule has 0 radical (unpaired) electrons. The van der Waals surface area contributed by atoms with Crippen LogP contribution in [0.2, 0.25) is 0 Å². The van der Waals surface area contributed by atoms with Crippen LogP contribution in [0, 0.1) is 5.82 Å². The molecule has 1 aliphatic rings. The predicted molar refractivity (Wildman–Crippen MR) is 87.2 cm³/mol. The number of amides is 1. The molecule has 0 bridgehead atoms. The van der Waals surface area contributed by atoms with Crippen LogP contribution in [0.5, 0.6) is 5.75 Å². The zero-order valence-electron chi connectivity index (χ0n) is 12.7. The first-order valence-electron chi connectivity index (χ1n) is 7.49. The number of hydrogen-bond donors (Lipinski definition) is 1. The highest BCUT2D eigenvalue weighted by atomic mass is 79.9. The first-order valence-corrected chi connectivity index (χ1v) is 8.28. The van der Waals surface area contributed by atoms with E-state index in [0.717, 1.165) is 17.3 Å². The summed E-state index contributed by atoms with van der Waals surface area (Å²) in [6, 6.07) is 4.37. The Morgan fingerprint density at radius 2 is 2.21 bits per heavy atom. The molecule has 2 heterocycles. The number of benzene rings is 1. The zero-order valence-corrected chi connectivity index (χ0v) is 14.3. The topological polar surface area (TPSA) is 94.5 Å². The third-order valence-corrected chi connectivity index (χ3v) is 4.35. The molecule has 2 N–H and O–H groups in total. The van der Waals surface area contributed by atoms with Crippen LogP contribution in [0.25, 0.3) is 0 Å². The molecule has 9 heteroatoms. The Labute approximate surface area is 146 Å². The number of carbonyl (C=O) groups excluding carboxylic acids is 1. The van der Waals surface area contributed by atoms with Crippen molar-refractivity contribution in [2.24, 2.45) is 5.73 Å².